The molecule has 69 valence electrons. The third kappa shape index (κ3) is 4.16. The molecule has 4 atom stereocenters. The van der Waals surface area contributed by atoms with Crippen molar-refractivity contribution in [2.75, 3.05) is 0 Å². The maximum atomic E-state index is 10.6. The summed E-state index contributed by atoms with van der Waals surface area (Å²) >= 11 is 0. The van der Waals surface area contributed by atoms with Crippen LogP contribution in [-0.4, -0.2) is 35.8 Å². The third-order valence-corrected chi connectivity index (χ3v) is 1.26. The molecule has 0 amide bonds. The van der Waals surface area contributed by atoms with E-state index >= 15 is 0 Å². The molecule has 0 heterocycles. The summed E-state index contributed by atoms with van der Waals surface area (Å²) in [6.45, 7) is 1.11. The van der Waals surface area contributed by atoms with Crippen molar-refractivity contribution in [3.05, 3.63) is 0 Å². The molecular formula is C6H9CrO5. The molecular weight excluding hydrogens is 204 g/mol. The Bertz CT molecular complexity index is 129. The van der Waals surface area contributed by atoms with Crippen LogP contribution in [0.4, 0.5) is 0 Å². The summed E-state index contributed by atoms with van der Waals surface area (Å²) in [6.07, 6.45) is -7.62. The SMILES string of the molecule is C[C@@H](O)[C@H]([O-])[C@H]([O-])[C@@H]([O-])C=O.[Cr+3]. The van der Waals surface area contributed by atoms with Crippen molar-refractivity contribution in [2.24, 2.45) is 0 Å². The second-order valence-electron chi connectivity index (χ2n) is 2.27. The van der Waals surface area contributed by atoms with Gasteiger partial charge in [-0.1, -0.05) is 6.10 Å². The fourth-order valence-electron chi connectivity index (χ4n) is 0.539. The van der Waals surface area contributed by atoms with Crippen molar-refractivity contribution in [3.8, 4) is 0 Å². The Morgan fingerprint density at radius 3 is 1.92 bits per heavy atom. The molecule has 6 heteroatoms. The van der Waals surface area contributed by atoms with Gasteiger partial charge in [0.2, 0.25) is 0 Å². The Kier molecular flexibility index (Phi) is 7.94. The number of rotatable bonds is 4. The molecule has 12 heavy (non-hydrogen) atoms. The van der Waals surface area contributed by atoms with Crippen molar-refractivity contribution in [1.82, 2.24) is 0 Å². The Morgan fingerprint density at radius 2 is 1.67 bits per heavy atom. The number of hydrogen-bond acceptors (Lipinski definition) is 5. The molecule has 0 unspecified atom stereocenters. The van der Waals surface area contributed by atoms with Gasteiger partial charge in [-0.2, -0.15) is 0 Å². The number of carbonyl (C=O) groups is 1. The van der Waals surface area contributed by atoms with Crippen molar-refractivity contribution in [2.45, 2.75) is 31.3 Å². The third-order valence-electron chi connectivity index (χ3n) is 1.26. The second-order valence-corrected chi connectivity index (χ2v) is 2.27. The van der Waals surface area contributed by atoms with Crippen molar-refractivity contribution in [3.63, 3.8) is 0 Å². The Hall–Kier alpha value is 0.0425. The van der Waals surface area contributed by atoms with Gasteiger partial charge in [-0.3, -0.25) is 0 Å². The summed E-state index contributed by atoms with van der Waals surface area (Å²) in [5, 5.41) is 40.1. The number of aliphatic hydroxyl groups is 1. The molecule has 0 saturated carbocycles. The van der Waals surface area contributed by atoms with Crippen LogP contribution in [0.15, 0.2) is 0 Å². The van der Waals surface area contributed by atoms with E-state index in [-0.39, 0.29) is 23.6 Å². The summed E-state index contributed by atoms with van der Waals surface area (Å²) in [6, 6.07) is 0. The molecule has 0 aromatic carbocycles. The van der Waals surface area contributed by atoms with Gasteiger partial charge in [0.1, 0.15) is 6.29 Å². The average molecular weight is 213 g/mol. The first kappa shape index (κ1) is 14.6. The fraction of sp³-hybridized carbons (Fsp3) is 0.833. The minimum absolute atomic E-state index is 0. The smallest absolute Gasteiger partial charge is 0.853 e. The molecule has 0 fully saturated rings. The molecule has 0 saturated heterocycles. The quantitative estimate of drug-likeness (QED) is 0.476. The molecule has 5 nitrogen and oxygen atoms in total. The van der Waals surface area contributed by atoms with Gasteiger partial charge >= 0.3 is 17.4 Å². The molecule has 0 aromatic rings. The summed E-state index contributed by atoms with van der Waals surface area (Å²) in [7, 11) is 0. The largest absolute Gasteiger partial charge is 3.00 e. The van der Waals surface area contributed by atoms with Gasteiger partial charge < -0.3 is 25.2 Å². The van der Waals surface area contributed by atoms with Gasteiger partial charge in [-0.25, -0.2) is 0 Å². The maximum Gasteiger partial charge on any atom is 3.00 e. The number of carbonyl (C=O) groups excluding carboxylic acids is 1. The zero-order chi connectivity index (χ0) is 9.02. The van der Waals surface area contributed by atoms with Crippen LogP contribution >= 0.6 is 0 Å². The van der Waals surface area contributed by atoms with Crippen LogP contribution in [0.25, 0.3) is 0 Å². The molecule has 1 radical (unpaired) electrons. The van der Waals surface area contributed by atoms with E-state index in [9.17, 15) is 20.1 Å². The monoisotopic (exact) mass is 213 g/mol. The van der Waals surface area contributed by atoms with Crippen molar-refractivity contribution >= 4 is 6.29 Å². The summed E-state index contributed by atoms with van der Waals surface area (Å²) in [4.78, 5) is 9.74. The van der Waals surface area contributed by atoms with E-state index in [1.54, 1.807) is 0 Å². The van der Waals surface area contributed by atoms with Crippen LogP contribution in [-0.2, 0) is 22.2 Å². The Morgan fingerprint density at radius 1 is 1.25 bits per heavy atom. The molecule has 0 bridgehead atoms. The van der Waals surface area contributed by atoms with Crippen LogP contribution in [0.5, 0.6) is 0 Å². The van der Waals surface area contributed by atoms with E-state index in [2.05, 4.69) is 0 Å². The molecule has 0 aliphatic rings. The standard InChI is InChI=1S/C6H9O5.Cr/c1-3(8)5(10)6(11)4(9)2-7;/h2-6,8H,1H3;/q-3;+3/t3-,4+,5+,6-;/m1./s1. The van der Waals surface area contributed by atoms with Crippen molar-refractivity contribution < 1.29 is 42.6 Å². The van der Waals surface area contributed by atoms with E-state index in [4.69, 9.17) is 5.11 Å². The van der Waals surface area contributed by atoms with E-state index in [0.29, 0.717) is 0 Å². The molecule has 0 aliphatic heterocycles. The second kappa shape index (κ2) is 6.55. The number of hydrogen-bond donors (Lipinski definition) is 1. The molecule has 0 aromatic heterocycles. The number of aldehydes is 1. The minimum atomic E-state index is -2.10. The number of aliphatic hydroxyl groups excluding tert-OH is 1. The van der Waals surface area contributed by atoms with Crippen LogP contribution in [0.3, 0.4) is 0 Å². The molecule has 0 rings (SSSR count). The van der Waals surface area contributed by atoms with E-state index in [1.165, 1.54) is 0 Å². The van der Waals surface area contributed by atoms with Crippen LogP contribution in [0.2, 0.25) is 0 Å². The van der Waals surface area contributed by atoms with E-state index < -0.39 is 24.4 Å². The first-order chi connectivity index (χ1) is 5.00. The van der Waals surface area contributed by atoms with Gasteiger partial charge in [-0.15, -0.1) is 12.2 Å². The normalized spacial score (nSPS) is 20.1. The average Bonchev–Trinajstić information content (AvgIpc) is 2.00. The maximum absolute atomic E-state index is 10.6. The van der Waals surface area contributed by atoms with Gasteiger partial charge in [0.15, 0.2) is 0 Å². The van der Waals surface area contributed by atoms with E-state index in [1.807, 2.05) is 0 Å². The Labute approximate surface area is 80.8 Å². The minimum Gasteiger partial charge on any atom is -0.853 e. The first-order valence-electron chi connectivity index (χ1n) is 3.11. The zero-order valence-electron chi connectivity index (χ0n) is 6.38. The fourth-order valence-corrected chi connectivity index (χ4v) is 0.539. The summed E-state index contributed by atoms with van der Waals surface area (Å²) < 4.78 is 0. The van der Waals surface area contributed by atoms with Crippen LogP contribution in [0, 0.1) is 0 Å². The Balaban J connectivity index is 0. The van der Waals surface area contributed by atoms with Gasteiger partial charge in [-0.05, 0) is 6.92 Å². The van der Waals surface area contributed by atoms with E-state index in [0.717, 1.165) is 6.92 Å². The molecule has 0 aliphatic carbocycles. The van der Waals surface area contributed by atoms with Gasteiger partial charge in [0.25, 0.3) is 0 Å². The summed E-state index contributed by atoms with van der Waals surface area (Å²) in [5.41, 5.74) is 0. The van der Waals surface area contributed by atoms with Gasteiger partial charge in [0.05, 0.1) is 0 Å². The van der Waals surface area contributed by atoms with Crippen LogP contribution in [0.1, 0.15) is 6.92 Å². The zero-order valence-corrected chi connectivity index (χ0v) is 7.65. The predicted octanol–water partition coefficient (Wildman–Crippen LogP) is -4.25. The van der Waals surface area contributed by atoms with Crippen molar-refractivity contribution in [1.29, 1.82) is 0 Å². The van der Waals surface area contributed by atoms with Gasteiger partial charge in [0, 0.05) is 6.10 Å². The first-order valence-corrected chi connectivity index (χ1v) is 3.11. The van der Waals surface area contributed by atoms with Crippen LogP contribution < -0.4 is 15.3 Å². The molecule has 1 N–H and O–H groups in total. The predicted molar refractivity (Wildman–Crippen MR) is 29.1 cm³/mol. The summed E-state index contributed by atoms with van der Waals surface area (Å²) in [5.74, 6) is 0. The topological polar surface area (TPSA) is 106 Å². The molecule has 0 spiro atoms.